The molecule has 1 aromatic carbocycles. The van der Waals surface area contributed by atoms with Gasteiger partial charge in [-0.1, -0.05) is 6.07 Å². The second kappa shape index (κ2) is 8.69. The van der Waals surface area contributed by atoms with E-state index in [0.29, 0.717) is 24.3 Å². The molecule has 3 aromatic rings. The van der Waals surface area contributed by atoms with E-state index in [4.69, 9.17) is 0 Å². The summed E-state index contributed by atoms with van der Waals surface area (Å²) in [5, 5.41) is 3.47. The minimum Gasteiger partial charge on any atom is -0.369 e. The number of hydrogen-bond donors (Lipinski definition) is 1. The third kappa shape index (κ3) is 4.06. The Kier molecular flexibility index (Phi) is 5.49. The van der Waals surface area contributed by atoms with E-state index < -0.39 is 17.8 Å². The lowest BCUT2D eigenvalue weighted by molar-refractivity contribution is -0.136. The molecule has 2 saturated heterocycles. The lowest BCUT2D eigenvalue weighted by Crippen LogP contribution is -2.52. The number of carbonyl (C=O) groups is 3. The highest BCUT2D eigenvalue weighted by atomic mass is 32.1. The Morgan fingerprint density at radius 2 is 1.94 bits per heavy atom. The van der Waals surface area contributed by atoms with Crippen LogP contribution in [0.25, 0.3) is 10.2 Å². The molecule has 3 aliphatic rings. The lowest BCUT2D eigenvalue weighted by atomic mass is 10.0. The molecule has 8 nitrogen and oxygen atoms in total. The summed E-state index contributed by atoms with van der Waals surface area (Å²) in [5.74, 6) is -1.61. The van der Waals surface area contributed by atoms with Crippen molar-refractivity contribution in [2.75, 3.05) is 31.1 Å². The predicted molar refractivity (Wildman–Crippen MR) is 130 cm³/mol. The Labute approximate surface area is 205 Å². The number of nitrogens with one attached hydrogen (secondary N) is 1. The molecule has 2 aromatic heterocycles. The van der Waals surface area contributed by atoms with Crippen LogP contribution in [0.5, 0.6) is 0 Å². The minimum atomic E-state index is -0.712. The Balaban J connectivity index is 1.17. The van der Waals surface area contributed by atoms with E-state index in [0.717, 1.165) is 35.4 Å². The van der Waals surface area contributed by atoms with Crippen LogP contribution in [0.3, 0.4) is 0 Å². The topological polar surface area (TPSA) is 85.9 Å². The molecule has 1 unspecified atom stereocenters. The van der Waals surface area contributed by atoms with Crippen molar-refractivity contribution in [2.24, 2.45) is 0 Å². The molecule has 0 aliphatic carbocycles. The second-order valence-corrected chi connectivity index (χ2v) is 10.3. The van der Waals surface area contributed by atoms with Crippen molar-refractivity contribution in [3.05, 3.63) is 58.3 Å². The summed E-state index contributed by atoms with van der Waals surface area (Å²) in [5.41, 5.74) is 1.78. The monoisotopic (exact) mass is 493 g/mol. The molecule has 0 radical (unpaired) electrons. The molecule has 35 heavy (non-hydrogen) atoms. The van der Waals surface area contributed by atoms with Crippen LogP contribution in [0, 0.1) is 5.82 Å². The van der Waals surface area contributed by atoms with Gasteiger partial charge in [-0.15, -0.1) is 11.3 Å². The molecular formula is C25H24FN5O3S. The highest BCUT2D eigenvalue weighted by molar-refractivity contribution is 7.18. The van der Waals surface area contributed by atoms with Crippen LogP contribution in [-0.4, -0.2) is 64.7 Å². The fourth-order valence-electron chi connectivity index (χ4n) is 5.26. The van der Waals surface area contributed by atoms with Crippen molar-refractivity contribution in [2.45, 2.75) is 32.0 Å². The number of carbonyl (C=O) groups excluding carboxylic acids is 3. The first-order valence-electron chi connectivity index (χ1n) is 11.7. The predicted octanol–water partition coefficient (Wildman–Crippen LogP) is 2.52. The maximum absolute atomic E-state index is 14.6. The van der Waals surface area contributed by atoms with Crippen molar-refractivity contribution >= 4 is 45.0 Å². The van der Waals surface area contributed by atoms with E-state index in [1.165, 1.54) is 21.9 Å². The number of imide groups is 1. The van der Waals surface area contributed by atoms with Crippen molar-refractivity contribution in [1.29, 1.82) is 0 Å². The summed E-state index contributed by atoms with van der Waals surface area (Å²) >= 11 is 1.71. The zero-order valence-corrected chi connectivity index (χ0v) is 19.8. The van der Waals surface area contributed by atoms with Gasteiger partial charge in [0, 0.05) is 79.0 Å². The minimum absolute atomic E-state index is 0.190. The third-order valence-electron chi connectivity index (χ3n) is 7.03. The number of rotatable bonds is 4. The molecule has 1 atom stereocenters. The van der Waals surface area contributed by atoms with Crippen LogP contribution >= 0.6 is 11.3 Å². The average Bonchev–Trinajstić information content (AvgIpc) is 3.40. The molecular weight excluding hydrogens is 469 g/mol. The van der Waals surface area contributed by atoms with Gasteiger partial charge in [-0.2, -0.15) is 0 Å². The van der Waals surface area contributed by atoms with Gasteiger partial charge in [0.05, 0.1) is 0 Å². The van der Waals surface area contributed by atoms with Crippen molar-refractivity contribution in [3.63, 3.8) is 0 Å². The number of fused-ring (bicyclic) bond motifs is 2. The molecule has 0 spiro atoms. The molecule has 5 heterocycles. The first-order chi connectivity index (χ1) is 17.0. The number of hydrogen-bond acceptors (Lipinski definition) is 7. The SMILES string of the molecule is O=C1CCC(N2Cc3c(cc(F)cc3N3CCN(Cc4cc5cccnc5s4)CC3)C2=O)C(=O)N1. The van der Waals surface area contributed by atoms with Gasteiger partial charge >= 0.3 is 0 Å². The third-order valence-corrected chi connectivity index (χ3v) is 8.08. The van der Waals surface area contributed by atoms with Crippen LogP contribution in [-0.2, 0) is 22.7 Å². The van der Waals surface area contributed by atoms with Gasteiger partial charge in [-0.05, 0) is 30.7 Å². The van der Waals surface area contributed by atoms with E-state index in [2.05, 4.69) is 32.2 Å². The fourth-order valence-corrected chi connectivity index (χ4v) is 6.30. The summed E-state index contributed by atoms with van der Waals surface area (Å²) in [6.07, 6.45) is 2.29. The first-order valence-corrected chi connectivity index (χ1v) is 12.6. The van der Waals surface area contributed by atoms with Crippen molar-refractivity contribution in [1.82, 2.24) is 20.1 Å². The van der Waals surface area contributed by atoms with Gasteiger partial charge in [-0.25, -0.2) is 9.37 Å². The van der Waals surface area contributed by atoms with E-state index in [9.17, 15) is 18.8 Å². The molecule has 2 fully saturated rings. The molecule has 180 valence electrons. The Morgan fingerprint density at radius 3 is 2.71 bits per heavy atom. The van der Waals surface area contributed by atoms with Crippen molar-refractivity contribution in [3.8, 4) is 0 Å². The number of piperidine rings is 1. The zero-order valence-electron chi connectivity index (χ0n) is 19.0. The largest absolute Gasteiger partial charge is 0.369 e. The summed E-state index contributed by atoms with van der Waals surface area (Å²) in [6.45, 7) is 4.15. The molecule has 0 bridgehead atoms. The molecule has 3 aliphatic heterocycles. The number of piperazine rings is 1. The van der Waals surface area contributed by atoms with Crippen LogP contribution in [0.15, 0.2) is 36.5 Å². The normalized spacial score (nSPS) is 21.1. The number of amides is 3. The van der Waals surface area contributed by atoms with Crippen molar-refractivity contribution < 1.29 is 18.8 Å². The molecule has 1 N–H and O–H groups in total. The van der Waals surface area contributed by atoms with E-state index in [1.807, 2.05) is 12.3 Å². The average molecular weight is 494 g/mol. The summed E-state index contributed by atoms with van der Waals surface area (Å²) in [7, 11) is 0. The van der Waals surface area contributed by atoms with Gasteiger partial charge in [-0.3, -0.25) is 24.6 Å². The Morgan fingerprint density at radius 1 is 1.11 bits per heavy atom. The first kappa shape index (κ1) is 22.1. The second-order valence-electron chi connectivity index (χ2n) is 9.22. The molecule has 3 amide bonds. The standard InChI is InChI=1S/C25H24FN5O3S/c26-16-11-18-19(14-31(25(18)34)20-3-4-22(32)28-23(20)33)21(12-16)30-8-6-29(7-9-30)13-17-10-15-2-1-5-27-24(15)35-17/h1-2,5,10-12,20H,3-4,6-9,13-14H2,(H,28,32,33). The van der Waals surface area contributed by atoms with Gasteiger partial charge in [0.2, 0.25) is 11.8 Å². The summed E-state index contributed by atoms with van der Waals surface area (Å²) in [4.78, 5) is 49.7. The lowest BCUT2D eigenvalue weighted by Gasteiger charge is -2.37. The van der Waals surface area contributed by atoms with E-state index in [1.54, 1.807) is 11.3 Å². The van der Waals surface area contributed by atoms with Crippen LogP contribution < -0.4 is 10.2 Å². The highest BCUT2D eigenvalue weighted by Crippen LogP contribution is 2.36. The molecule has 10 heteroatoms. The highest BCUT2D eigenvalue weighted by Gasteiger charge is 2.41. The summed E-state index contributed by atoms with van der Waals surface area (Å²) in [6, 6.07) is 8.25. The molecule has 0 saturated carbocycles. The quantitative estimate of drug-likeness (QED) is 0.563. The number of pyridine rings is 1. The van der Waals surface area contributed by atoms with Gasteiger partial charge in [0.1, 0.15) is 16.7 Å². The number of aromatic nitrogens is 1. The Hall–Kier alpha value is -3.37. The van der Waals surface area contributed by atoms with Crippen LogP contribution in [0.4, 0.5) is 10.1 Å². The number of thiophene rings is 1. The van der Waals surface area contributed by atoms with Gasteiger partial charge in [0.25, 0.3) is 5.91 Å². The fraction of sp³-hybridized carbons (Fsp3) is 0.360. The number of anilines is 1. The van der Waals surface area contributed by atoms with Crippen LogP contribution in [0.1, 0.15) is 33.6 Å². The maximum Gasteiger partial charge on any atom is 0.255 e. The maximum atomic E-state index is 14.6. The Bertz CT molecular complexity index is 1320. The number of halogens is 1. The smallest absolute Gasteiger partial charge is 0.255 e. The van der Waals surface area contributed by atoms with Gasteiger partial charge < -0.3 is 9.80 Å². The number of benzene rings is 1. The van der Waals surface area contributed by atoms with E-state index in [-0.39, 0.29) is 31.2 Å². The zero-order chi connectivity index (χ0) is 24.1. The summed E-state index contributed by atoms with van der Waals surface area (Å²) < 4.78 is 14.6. The molecule has 6 rings (SSSR count). The van der Waals surface area contributed by atoms with E-state index >= 15 is 0 Å². The van der Waals surface area contributed by atoms with Crippen LogP contribution in [0.2, 0.25) is 0 Å². The van der Waals surface area contributed by atoms with Gasteiger partial charge in [0.15, 0.2) is 0 Å². The number of nitrogens with zero attached hydrogens (tertiary/aromatic N) is 4.